The molecule has 1 unspecified atom stereocenters. The summed E-state index contributed by atoms with van der Waals surface area (Å²) in [4.78, 5) is 0. The Morgan fingerprint density at radius 1 is 1.37 bits per heavy atom. The van der Waals surface area contributed by atoms with Gasteiger partial charge in [-0.3, -0.25) is 4.68 Å². The molecule has 0 aliphatic carbocycles. The topological polar surface area (TPSA) is 53.1 Å². The molecule has 2 rings (SSSR count). The lowest BCUT2D eigenvalue weighted by molar-refractivity contribution is 0.407. The van der Waals surface area contributed by atoms with Crippen molar-refractivity contribution < 1.29 is 4.74 Å². The average Bonchev–Trinajstić information content (AvgIpc) is 2.83. The Bertz CT molecular complexity index is 522. The zero-order valence-corrected chi connectivity index (χ0v) is 11.5. The number of aromatic nitrogens is 2. The van der Waals surface area contributed by atoms with Gasteiger partial charge in [0.1, 0.15) is 5.75 Å². The first-order valence-corrected chi connectivity index (χ1v) is 6.54. The molecule has 0 bridgehead atoms. The number of hydrogen-bond donors (Lipinski definition) is 1. The summed E-state index contributed by atoms with van der Waals surface area (Å²) in [5.74, 6) is 0.916. The van der Waals surface area contributed by atoms with Crippen LogP contribution in [0.4, 0.5) is 0 Å². The fourth-order valence-electron chi connectivity index (χ4n) is 2.21. The first-order valence-electron chi connectivity index (χ1n) is 6.54. The summed E-state index contributed by atoms with van der Waals surface area (Å²) in [7, 11) is 3.62. The average molecular weight is 259 g/mol. The van der Waals surface area contributed by atoms with E-state index in [-0.39, 0.29) is 6.04 Å². The first-order chi connectivity index (χ1) is 9.19. The second kappa shape index (κ2) is 6.38. The van der Waals surface area contributed by atoms with Gasteiger partial charge in [-0.05, 0) is 36.5 Å². The fraction of sp³-hybridized carbons (Fsp3) is 0.400. The minimum atomic E-state index is 0.136. The van der Waals surface area contributed by atoms with Crippen LogP contribution in [0.3, 0.4) is 0 Å². The number of aryl methyl sites for hydroxylation is 2. The summed E-state index contributed by atoms with van der Waals surface area (Å²) in [5.41, 5.74) is 8.61. The maximum absolute atomic E-state index is 6.20. The lowest BCUT2D eigenvalue weighted by atomic mass is 10.0. The van der Waals surface area contributed by atoms with Crippen molar-refractivity contribution in [3.8, 4) is 5.75 Å². The van der Waals surface area contributed by atoms with E-state index >= 15 is 0 Å². The highest BCUT2D eigenvalue weighted by molar-refractivity contribution is 5.33. The molecule has 0 radical (unpaired) electrons. The van der Waals surface area contributed by atoms with Crippen LogP contribution in [-0.2, 0) is 19.9 Å². The molecule has 1 atom stereocenters. The van der Waals surface area contributed by atoms with E-state index in [1.807, 2.05) is 42.3 Å². The van der Waals surface area contributed by atoms with Gasteiger partial charge in [0.25, 0.3) is 0 Å². The third kappa shape index (κ3) is 3.83. The SMILES string of the molecule is COc1ccccc1CC(N)CCc1cnn(C)c1. The van der Waals surface area contributed by atoms with Crippen LogP contribution in [0.25, 0.3) is 0 Å². The van der Waals surface area contributed by atoms with Gasteiger partial charge in [-0.2, -0.15) is 5.10 Å². The van der Waals surface area contributed by atoms with E-state index in [1.165, 1.54) is 11.1 Å². The zero-order valence-electron chi connectivity index (χ0n) is 11.5. The Morgan fingerprint density at radius 3 is 2.84 bits per heavy atom. The molecule has 0 spiro atoms. The zero-order chi connectivity index (χ0) is 13.7. The Kier molecular flexibility index (Phi) is 4.58. The van der Waals surface area contributed by atoms with Crippen LogP contribution in [0.1, 0.15) is 17.5 Å². The summed E-state index contributed by atoms with van der Waals surface area (Å²) in [6, 6.07) is 8.18. The number of ether oxygens (including phenoxy) is 1. The van der Waals surface area contributed by atoms with E-state index in [0.29, 0.717) is 0 Å². The third-order valence-corrected chi connectivity index (χ3v) is 3.24. The molecular weight excluding hydrogens is 238 g/mol. The second-order valence-corrected chi connectivity index (χ2v) is 4.84. The number of benzene rings is 1. The predicted molar refractivity (Wildman–Crippen MR) is 76.2 cm³/mol. The molecule has 0 fully saturated rings. The highest BCUT2D eigenvalue weighted by Crippen LogP contribution is 2.19. The van der Waals surface area contributed by atoms with Crippen molar-refractivity contribution in [2.24, 2.45) is 12.8 Å². The number of nitrogens with zero attached hydrogens (tertiary/aromatic N) is 2. The van der Waals surface area contributed by atoms with E-state index in [2.05, 4.69) is 11.2 Å². The van der Waals surface area contributed by atoms with Gasteiger partial charge in [0, 0.05) is 19.3 Å². The molecule has 0 aliphatic rings. The highest BCUT2D eigenvalue weighted by Gasteiger charge is 2.09. The van der Waals surface area contributed by atoms with Crippen molar-refractivity contribution >= 4 is 0 Å². The van der Waals surface area contributed by atoms with Crippen molar-refractivity contribution in [2.45, 2.75) is 25.3 Å². The van der Waals surface area contributed by atoms with Gasteiger partial charge in [0.05, 0.1) is 13.3 Å². The van der Waals surface area contributed by atoms with E-state index in [0.717, 1.165) is 25.0 Å². The number of methoxy groups -OCH3 is 1. The Hall–Kier alpha value is -1.81. The number of rotatable bonds is 6. The normalized spacial score (nSPS) is 12.4. The maximum atomic E-state index is 6.20. The largest absolute Gasteiger partial charge is 0.496 e. The van der Waals surface area contributed by atoms with E-state index in [4.69, 9.17) is 10.5 Å². The summed E-state index contributed by atoms with van der Waals surface area (Å²) in [6.45, 7) is 0. The van der Waals surface area contributed by atoms with Gasteiger partial charge < -0.3 is 10.5 Å². The standard InChI is InChI=1S/C15H21N3O/c1-18-11-12(10-17-18)7-8-14(16)9-13-5-3-4-6-15(13)19-2/h3-6,10-11,14H,7-9,16H2,1-2H3. The van der Waals surface area contributed by atoms with Crippen LogP contribution >= 0.6 is 0 Å². The molecule has 0 aliphatic heterocycles. The summed E-state index contributed by atoms with van der Waals surface area (Å²) in [6.07, 6.45) is 6.68. The second-order valence-electron chi connectivity index (χ2n) is 4.84. The Labute approximate surface area is 114 Å². The maximum Gasteiger partial charge on any atom is 0.122 e. The van der Waals surface area contributed by atoms with E-state index < -0.39 is 0 Å². The van der Waals surface area contributed by atoms with Crippen molar-refractivity contribution in [2.75, 3.05) is 7.11 Å². The minimum absolute atomic E-state index is 0.136. The highest BCUT2D eigenvalue weighted by atomic mass is 16.5. The molecule has 1 aromatic carbocycles. The molecule has 0 saturated carbocycles. The summed E-state index contributed by atoms with van der Waals surface area (Å²) < 4.78 is 7.16. The van der Waals surface area contributed by atoms with Gasteiger partial charge >= 0.3 is 0 Å². The molecule has 0 amide bonds. The minimum Gasteiger partial charge on any atom is -0.496 e. The van der Waals surface area contributed by atoms with Crippen LogP contribution in [0.15, 0.2) is 36.7 Å². The molecule has 19 heavy (non-hydrogen) atoms. The van der Waals surface area contributed by atoms with Gasteiger partial charge in [0.2, 0.25) is 0 Å². The molecule has 2 N–H and O–H groups in total. The molecule has 2 aromatic rings. The lowest BCUT2D eigenvalue weighted by Crippen LogP contribution is -2.23. The molecule has 1 heterocycles. The molecule has 0 saturated heterocycles. The molecule has 102 valence electrons. The summed E-state index contributed by atoms with van der Waals surface area (Å²) >= 11 is 0. The summed E-state index contributed by atoms with van der Waals surface area (Å²) in [5, 5.41) is 4.16. The van der Waals surface area contributed by atoms with E-state index in [1.54, 1.807) is 7.11 Å². The third-order valence-electron chi connectivity index (χ3n) is 3.24. The van der Waals surface area contributed by atoms with Gasteiger partial charge in [-0.1, -0.05) is 18.2 Å². The van der Waals surface area contributed by atoms with Crippen LogP contribution in [0.5, 0.6) is 5.75 Å². The van der Waals surface area contributed by atoms with Gasteiger partial charge in [-0.25, -0.2) is 0 Å². The van der Waals surface area contributed by atoms with Crippen LogP contribution in [0, 0.1) is 0 Å². The van der Waals surface area contributed by atoms with Crippen LogP contribution < -0.4 is 10.5 Å². The molecule has 4 heteroatoms. The molecular formula is C15H21N3O. The van der Waals surface area contributed by atoms with Crippen molar-refractivity contribution in [3.05, 3.63) is 47.8 Å². The van der Waals surface area contributed by atoms with Gasteiger partial charge in [0.15, 0.2) is 0 Å². The van der Waals surface area contributed by atoms with Crippen LogP contribution in [0.2, 0.25) is 0 Å². The lowest BCUT2D eigenvalue weighted by Gasteiger charge is -2.13. The fourth-order valence-corrected chi connectivity index (χ4v) is 2.21. The van der Waals surface area contributed by atoms with Crippen LogP contribution in [-0.4, -0.2) is 22.9 Å². The first kappa shape index (κ1) is 13.6. The van der Waals surface area contributed by atoms with Crippen molar-refractivity contribution in [1.29, 1.82) is 0 Å². The predicted octanol–water partition coefficient (Wildman–Crippen LogP) is 1.93. The number of hydrogen-bond acceptors (Lipinski definition) is 3. The van der Waals surface area contributed by atoms with Crippen molar-refractivity contribution in [1.82, 2.24) is 9.78 Å². The van der Waals surface area contributed by atoms with Gasteiger partial charge in [-0.15, -0.1) is 0 Å². The monoisotopic (exact) mass is 259 g/mol. The number of nitrogens with two attached hydrogens (primary N) is 1. The number of para-hydroxylation sites is 1. The van der Waals surface area contributed by atoms with E-state index in [9.17, 15) is 0 Å². The van der Waals surface area contributed by atoms with Crippen molar-refractivity contribution in [3.63, 3.8) is 0 Å². The molecule has 4 nitrogen and oxygen atoms in total. The Balaban J connectivity index is 1.88. The quantitative estimate of drug-likeness (QED) is 0.862. The smallest absolute Gasteiger partial charge is 0.122 e. The Morgan fingerprint density at radius 2 is 2.16 bits per heavy atom. The molecule has 1 aromatic heterocycles.